The van der Waals surface area contributed by atoms with E-state index in [1.807, 2.05) is 0 Å². The van der Waals surface area contributed by atoms with E-state index in [0.29, 0.717) is 0 Å². The zero-order valence-electron chi connectivity index (χ0n) is 17.5. The molecule has 0 bridgehead atoms. The summed E-state index contributed by atoms with van der Waals surface area (Å²) < 4.78 is 26.8. The van der Waals surface area contributed by atoms with Gasteiger partial charge in [0.15, 0.2) is 18.8 Å². The molecule has 0 aromatic rings. The molecule has 0 spiro atoms. The maximum Gasteiger partial charge on any atom is 0.364 e. The minimum atomic E-state index is -1.37. The third-order valence-corrected chi connectivity index (χ3v) is 3.96. The molecule has 0 aliphatic carbocycles. The number of rotatable bonds is 7. The van der Waals surface area contributed by atoms with Crippen LogP contribution in [0.2, 0.25) is 0 Å². The number of likely N-dealkylation sites (N-methyl/N-ethyl adjacent to an activating group) is 1. The Bertz CT molecular complexity index is 682. The maximum absolute atomic E-state index is 12.4. The Balaban J connectivity index is 3.12. The van der Waals surface area contributed by atoms with Gasteiger partial charge in [0.25, 0.3) is 0 Å². The quantitative estimate of drug-likeness (QED) is 0.241. The second kappa shape index (κ2) is 10.2. The molecule has 1 rings (SSSR count). The largest absolute Gasteiger partial charge is 0.456 e. The van der Waals surface area contributed by atoms with Gasteiger partial charge in [0.2, 0.25) is 12.4 Å². The molecule has 10 nitrogen and oxygen atoms in total. The van der Waals surface area contributed by atoms with E-state index in [-0.39, 0.29) is 17.6 Å². The van der Waals surface area contributed by atoms with E-state index in [1.54, 1.807) is 21.0 Å². The zero-order chi connectivity index (χ0) is 22.4. The van der Waals surface area contributed by atoms with Crippen molar-refractivity contribution in [1.82, 2.24) is 0 Å². The predicted octanol–water partition coefficient (Wildman–Crippen LogP) is -0.221. The average molecular weight is 414 g/mol. The van der Waals surface area contributed by atoms with E-state index >= 15 is 0 Å². The number of esters is 4. The molecule has 10 heteroatoms. The first-order chi connectivity index (χ1) is 13.4. The van der Waals surface area contributed by atoms with Crippen LogP contribution >= 0.6 is 0 Å². The smallest absolute Gasteiger partial charge is 0.364 e. The highest BCUT2D eigenvalue weighted by Crippen LogP contribution is 2.29. The summed E-state index contributed by atoms with van der Waals surface area (Å²) in [5.74, 6) is -0.260. The van der Waals surface area contributed by atoms with Crippen LogP contribution in [-0.2, 0) is 42.9 Å². The number of ether oxygens (including phenoxy) is 5. The molecular weight excluding hydrogens is 386 g/mol. The highest BCUT2D eigenvalue weighted by atomic mass is 16.7. The standard InChI is InChI=1S/C19H28NO9/c1-8-9-20(6,7)10-15(24)29-19-18(28-14(5)23)17(27-13(4)22)16(11(2)25-19)26-12(3)21/h1,11,16-19H,9-10H2,2-7H3/q+1/t11-,16?,17+,18+,19?/m0/s1. The molecule has 1 fully saturated rings. The molecule has 0 aromatic carbocycles. The van der Waals surface area contributed by atoms with Gasteiger partial charge in [-0.3, -0.25) is 14.4 Å². The summed E-state index contributed by atoms with van der Waals surface area (Å²) in [5, 5.41) is 0. The molecule has 1 saturated heterocycles. The van der Waals surface area contributed by atoms with Crippen LogP contribution in [0.15, 0.2) is 0 Å². The third kappa shape index (κ3) is 7.71. The second-order valence-electron chi connectivity index (χ2n) is 7.38. The fourth-order valence-corrected chi connectivity index (χ4v) is 2.88. The lowest BCUT2D eigenvalue weighted by molar-refractivity contribution is -0.875. The van der Waals surface area contributed by atoms with Crippen molar-refractivity contribution in [2.75, 3.05) is 27.2 Å². The molecule has 1 aliphatic rings. The van der Waals surface area contributed by atoms with E-state index in [2.05, 4.69) is 5.92 Å². The van der Waals surface area contributed by atoms with Gasteiger partial charge in [-0.05, 0) is 12.8 Å². The Morgan fingerprint density at radius 1 is 0.897 bits per heavy atom. The number of nitrogens with zero attached hydrogens (tertiary/aromatic N) is 1. The molecule has 1 heterocycles. The summed E-state index contributed by atoms with van der Waals surface area (Å²) in [6.07, 6.45) is -0.513. The Kier molecular flexibility index (Phi) is 8.60. The Labute approximate surface area is 169 Å². The van der Waals surface area contributed by atoms with Gasteiger partial charge in [-0.15, -0.1) is 6.42 Å². The summed E-state index contributed by atoms with van der Waals surface area (Å²) in [6.45, 7) is 5.22. The molecular formula is C19H28NO9+. The van der Waals surface area contributed by atoms with Crippen molar-refractivity contribution >= 4 is 23.9 Å². The molecule has 0 saturated carbocycles. The summed E-state index contributed by atoms with van der Waals surface area (Å²) in [4.78, 5) is 47.1. The van der Waals surface area contributed by atoms with Crippen molar-refractivity contribution in [3.05, 3.63) is 0 Å². The van der Waals surface area contributed by atoms with Crippen LogP contribution in [0.25, 0.3) is 0 Å². The van der Waals surface area contributed by atoms with Crippen LogP contribution in [0, 0.1) is 12.3 Å². The fourth-order valence-electron chi connectivity index (χ4n) is 2.88. The lowest BCUT2D eigenvalue weighted by Crippen LogP contribution is -2.61. The summed E-state index contributed by atoms with van der Waals surface area (Å²) >= 11 is 0. The summed E-state index contributed by atoms with van der Waals surface area (Å²) in [5.41, 5.74) is 0. The summed E-state index contributed by atoms with van der Waals surface area (Å²) in [7, 11) is 3.49. The van der Waals surface area contributed by atoms with Gasteiger partial charge in [0.05, 0.1) is 20.2 Å². The fraction of sp³-hybridized carbons (Fsp3) is 0.684. The van der Waals surface area contributed by atoms with Gasteiger partial charge in [-0.2, -0.15) is 0 Å². The number of carbonyl (C=O) groups is 4. The lowest BCUT2D eigenvalue weighted by Gasteiger charge is -2.43. The number of carbonyl (C=O) groups excluding carboxylic acids is 4. The molecule has 0 aromatic heterocycles. The molecule has 29 heavy (non-hydrogen) atoms. The van der Waals surface area contributed by atoms with Crippen molar-refractivity contribution in [3.8, 4) is 12.3 Å². The minimum absolute atomic E-state index is 0.0726. The van der Waals surface area contributed by atoms with E-state index in [9.17, 15) is 19.2 Å². The van der Waals surface area contributed by atoms with Crippen LogP contribution in [0.4, 0.5) is 0 Å². The number of hydrogen-bond donors (Lipinski definition) is 0. The monoisotopic (exact) mass is 414 g/mol. The van der Waals surface area contributed by atoms with Crippen LogP contribution in [0.5, 0.6) is 0 Å². The molecule has 0 amide bonds. The first-order valence-corrected chi connectivity index (χ1v) is 8.98. The Morgan fingerprint density at radius 3 is 1.86 bits per heavy atom. The molecule has 2 unspecified atom stereocenters. The molecule has 0 radical (unpaired) electrons. The van der Waals surface area contributed by atoms with Crippen LogP contribution in [0.1, 0.15) is 27.7 Å². The highest BCUT2D eigenvalue weighted by molar-refractivity contribution is 5.71. The van der Waals surface area contributed by atoms with Gasteiger partial charge in [-0.25, -0.2) is 4.79 Å². The van der Waals surface area contributed by atoms with Crippen molar-refractivity contribution < 1.29 is 47.3 Å². The highest BCUT2D eigenvalue weighted by Gasteiger charge is 2.52. The number of quaternary nitrogens is 1. The topological polar surface area (TPSA) is 114 Å². The van der Waals surface area contributed by atoms with Gasteiger partial charge >= 0.3 is 23.9 Å². The zero-order valence-corrected chi connectivity index (χ0v) is 17.5. The van der Waals surface area contributed by atoms with E-state index in [1.165, 1.54) is 6.92 Å². The predicted molar refractivity (Wildman–Crippen MR) is 97.8 cm³/mol. The van der Waals surface area contributed by atoms with Crippen molar-refractivity contribution in [1.29, 1.82) is 0 Å². The van der Waals surface area contributed by atoms with E-state index in [4.69, 9.17) is 30.1 Å². The minimum Gasteiger partial charge on any atom is -0.456 e. The SMILES string of the molecule is C#CC[N+](C)(C)CC(=O)OC1O[C@@H](C)C(OC(C)=O)[C@@H](OC(C)=O)[C@H]1OC(C)=O. The van der Waals surface area contributed by atoms with E-state index < -0.39 is 54.6 Å². The first kappa shape index (κ1) is 24.4. The third-order valence-electron chi connectivity index (χ3n) is 3.96. The van der Waals surface area contributed by atoms with Crippen molar-refractivity contribution in [2.45, 2.75) is 58.4 Å². The van der Waals surface area contributed by atoms with E-state index in [0.717, 1.165) is 13.8 Å². The molecule has 0 N–H and O–H groups in total. The Hall–Kier alpha value is -2.64. The number of terminal acetylenes is 1. The van der Waals surface area contributed by atoms with Crippen LogP contribution in [-0.4, -0.2) is 86.3 Å². The van der Waals surface area contributed by atoms with Gasteiger partial charge in [0.1, 0.15) is 6.54 Å². The van der Waals surface area contributed by atoms with Gasteiger partial charge in [-0.1, -0.05) is 0 Å². The molecule has 1 aliphatic heterocycles. The van der Waals surface area contributed by atoms with Crippen molar-refractivity contribution in [3.63, 3.8) is 0 Å². The second-order valence-corrected chi connectivity index (χ2v) is 7.38. The maximum atomic E-state index is 12.4. The van der Waals surface area contributed by atoms with Crippen LogP contribution in [0.3, 0.4) is 0 Å². The van der Waals surface area contributed by atoms with Gasteiger partial charge < -0.3 is 28.2 Å². The molecule has 162 valence electrons. The normalized spacial score (nSPS) is 26.6. The summed E-state index contributed by atoms with van der Waals surface area (Å²) in [6, 6.07) is 0. The van der Waals surface area contributed by atoms with Crippen LogP contribution < -0.4 is 0 Å². The lowest BCUT2D eigenvalue weighted by atomic mass is 9.99. The van der Waals surface area contributed by atoms with Crippen molar-refractivity contribution in [2.24, 2.45) is 0 Å². The van der Waals surface area contributed by atoms with Gasteiger partial charge in [0, 0.05) is 20.8 Å². The number of hydrogen-bond acceptors (Lipinski definition) is 9. The Morgan fingerprint density at radius 2 is 1.38 bits per heavy atom. The molecule has 5 atom stereocenters. The first-order valence-electron chi connectivity index (χ1n) is 8.98. The average Bonchev–Trinajstić information content (AvgIpc) is 2.52.